The van der Waals surface area contributed by atoms with E-state index in [1.807, 2.05) is 4.90 Å². The molecule has 2 heterocycles. The van der Waals surface area contributed by atoms with E-state index in [1.165, 1.54) is 11.1 Å². The van der Waals surface area contributed by atoms with E-state index in [0.717, 1.165) is 58.7 Å². The summed E-state index contributed by atoms with van der Waals surface area (Å²) in [6, 6.07) is 8.67. The number of rotatable bonds is 8. The number of carbonyl (C=O) groups is 2. The van der Waals surface area contributed by atoms with E-state index in [0.29, 0.717) is 19.5 Å². The molecule has 0 aliphatic carbocycles. The lowest BCUT2D eigenvalue weighted by molar-refractivity contribution is -0.127. The molecule has 0 aromatic heterocycles. The van der Waals surface area contributed by atoms with Gasteiger partial charge in [0.05, 0.1) is 6.54 Å². The third-order valence-electron chi connectivity index (χ3n) is 5.42. The van der Waals surface area contributed by atoms with Crippen LogP contribution in [0.4, 0.5) is 0 Å². The van der Waals surface area contributed by atoms with Gasteiger partial charge >= 0.3 is 0 Å². The molecule has 1 aromatic rings. The first kappa shape index (κ1) is 19.8. The molecule has 2 aliphatic rings. The van der Waals surface area contributed by atoms with Crippen LogP contribution in [-0.2, 0) is 16.1 Å². The Labute approximate surface area is 162 Å². The average molecular weight is 373 g/mol. The largest absolute Gasteiger partial charge is 0.355 e. The number of aryl methyl sites for hydroxylation is 1. The molecular weight excluding hydrogens is 340 g/mol. The fourth-order valence-corrected chi connectivity index (χ4v) is 3.87. The second-order valence-corrected chi connectivity index (χ2v) is 7.73. The minimum Gasteiger partial charge on any atom is -0.355 e. The van der Waals surface area contributed by atoms with Crippen LogP contribution in [0.5, 0.6) is 0 Å². The molecule has 0 radical (unpaired) electrons. The molecular formula is C21H32N4O2. The molecule has 2 saturated heterocycles. The Hall–Kier alpha value is -1.92. The first-order valence-corrected chi connectivity index (χ1v) is 10.1. The molecule has 148 valence electrons. The van der Waals surface area contributed by atoms with E-state index in [2.05, 4.69) is 46.3 Å². The molecule has 0 spiro atoms. The molecule has 2 fully saturated rings. The number of hydrogen-bond acceptors (Lipinski definition) is 4. The molecule has 0 unspecified atom stereocenters. The Balaban J connectivity index is 1.28. The molecule has 3 rings (SSSR count). The number of amides is 2. The van der Waals surface area contributed by atoms with Crippen molar-refractivity contribution in [2.75, 3.05) is 52.4 Å². The van der Waals surface area contributed by atoms with Gasteiger partial charge in [-0.2, -0.15) is 0 Å². The van der Waals surface area contributed by atoms with Gasteiger partial charge in [-0.25, -0.2) is 0 Å². The Kier molecular flexibility index (Phi) is 7.24. The summed E-state index contributed by atoms with van der Waals surface area (Å²) in [7, 11) is 0. The van der Waals surface area contributed by atoms with Gasteiger partial charge in [0.15, 0.2) is 0 Å². The number of likely N-dealkylation sites (tertiary alicyclic amines) is 1. The fourth-order valence-electron chi connectivity index (χ4n) is 3.87. The molecule has 1 aromatic carbocycles. The van der Waals surface area contributed by atoms with Gasteiger partial charge in [-0.3, -0.25) is 19.4 Å². The van der Waals surface area contributed by atoms with Crippen LogP contribution in [0.1, 0.15) is 30.4 Å². The standard InChI is InChI=1S/C21H32N4O2/c1-18-5-2-6-19(15-18)16-23-11-13-24(14-12-23)17-20(26)22-8-4-10-25-9-3-7-21(25)27/h2,5-6,15H,3-4,7-14,16-17H2,1H3,(H,22,26). The quantitative estimate of drug-likeness (QED) is 0.698. The first-order chi connectivity index (χ1) is 13.1. The summed E-state index contributed by atoms with van der Waals surface area (Å²) >= 11 is 0. The fraction of sp³-hybridized carbons (Fsp3) is 0.619. The summed E-state index contributed by atoms with van der Waals surface area (Å²) in [6.45, 7) is 9.73. The molecule has 2 amide bonds. The number of benzene rings is 1. The Morgan fingerprint density at radius 1 is 1.11 bits per heavy atom. The van der Waals surface area contributed by atoms with E-state index >= 15 is 0 Å². The number of nitrogens with one attached hydrogen (secondary N) is 1. The van der Waals surface area contributed by atoms with Crippen LogP contribution in [0.15, 0.2) is 24.3 Å². The van der Waals surface area contributed by atoms with Crippen molar-refractivity contribution < 1.29 is 9.59 Å². The summed E-state index contributed by atoms with van der Waals surface area (Å²) in [5.74, 6) is 0.347. The van der Waals surface area contributed by atoms with E-state index in [1.54, 1.807) is 0 Å². The summed E-state index contributed by atoms with van der Waals surface area (Å²) in [5.41, 5.74) is 2.66. The van der Waals surface area contributed by atoms with Crippen LogP contribution < -0.4 is 5.32 Å². The predicted octanol–water partition coefficient (Wildman–Crippen LogP) is 1.24. The highest BCUT2D eigenvalue weighted by molar-refractivity contribution is 5.78. The maximum absolute atomic E-state index is 12.1. The lowest BCUT2D eigenvalue weighted by atomic mass is 10.1. The zero-order valence-electron chi connectivity index (χ0n) is 16.5. The van der Waals surface area contributed by atoms with Crippen molar-refractivity contribution in [1.82, 2.24) is 20.0 Å². The topological polar surface area (TPSA) is 55.9 Å². The molecule has 6 nitrogen and oxygen atoms in total. The average Bonchev–Trinajstić information content (AvgIpc) is 3.05. The van der Waals surface area contributed by atoms with Gasteiger partial charge in [-0.1, -0.05) is 29.8 Å². The van der Waals surface area contributed by atoms with Gasteiger partial charge in [-0.05, 0) is 25.3 Å². The van der Waals surface area contributed by atoms with Gasteiger partial charge in [0.2, 0.25) is 11.8 Å². The second kappa shape index (κ2) is 9.85. The lowest BCUT2D eigenvalue weighted by Crippen LogP contribution is -2.49. The van der Waals surface area contributed by atoms with E-state index in [4.69, 9.17) is 0 Å². The molecule has 1 N–H and O–H groups in total. The molecule has 2 aliphatic heterocycles. The molecule has 6 heteroatoms. The van der Waals surface area contributed by atoms with Crippen molar-refractivity contribution in [3.05, 3.63) is 35.4 Å². The van der Waals surface area contributed by atoms with Crippen molar-refractivity contribution in [1.29, 1.82) is 0 Å². The van der Waals surface area contributed by atoms with Crippen LogP contribution in [0.2, 0.25) is 0 Å². The van der Waals surface area contributed by atoms with Crippen molar-refractivity contribution in [2.24, 2.45) is 0 Å². The SMILES string of the molecule is Cc1cccc(CN2CCN(CC(=O)NCCCN3CCCC3=O)CC2)c1. The zero-order chi connectivity index (χ0) is 19.1. The Morgan fingerprint density at radius 3 is 2.59 bits per heavy atom. The van der Waals surface area contributed by atoms with Gasteiger partial charge in [-0.15, -0.1) is 0 Å². The lowest BCUT2D eigenvalue weighted by Gasteiger charge is -2.34. The highest BCUT2D eigenvalue weighted by Gasteiger charge is 2.20. The highest BCUT2D eigenvalue weighted by Crippen LogP contribution is 2.11. The van der Waals surface area contributed by atoms with Crippen molar-refractivity contribution in [2.45, 2.75) is 32.7 Å². The molecule has 27 heavy (non-hydrogen) atoms. The molecule has 0 bridgehead atoms. The highest BCUT2D eigenvalue weighted by atomic mass is 16.2. The summed E-state index contributed by atoms with van der Waals surface area (Å²) in [4.78, 5) is 30.3. The van der Waals surface area contributed by atoms with Crippen LogP contribution in [-0.4, -0.2) is 78.9 Å². The third-order valence-corrected chi connectivity index (χ3v) is 5.42. The minimum atomic E-state index is 0.0925. The number of piperazine rings is 1. The predicted molar refractivity (Wildman–Crippen MR) is 106 cm³/mol. The number of hydrogen-bond donors (Lipinski definition) is 1. The second-order valence-electron chi connectivity index (χ2n) is 7.73. The summed E-state index contributed by atoms with van der Waals surface area (Å²) in [5, 5.41) is 2.99. The van der Waals surface area contributed by atoms with Crippen LogP contribution in [0, 0.1) is 6.92 Å². The first-order valence-electron chi connectivity index (χ1n) is 10.1. The van der Waals surface area contributed by atoms with Crippen molar-refractivity contribution in [3.63, 3.8) is 0 Å². The smallest absolute Gasteiger partial charge is 0.234 e. The van der Waals surface area contributed by atoms with E-state index in [-0.39, 0.29) is 11.8 Å². The molecule has 0 atom stereocenters. The van der Waals surface area contributed by atoms with Crippen LogP contribution >= 0.6 is 0 Å². The zero-order valence-corrected chi connectivity index (χ0v) is 16.5. The summed E-state index contributed by atoms with van der Waals surface area (Å²) in [6.07, 6.45) is 2.49. The van der Waals surface area contributed by atoms with E-state index in [9.17, 15) is 9.59 Å². The maximum atomic E-state index is 12.1. The van der Waals surface area contributed by atoms with Crippen LogP contribution in [0.3, 0.4) is 0 Å². The van der Waals surface area contributed by atoms with E-state index < -0.39 is 0 Å². The minimum absolute atomic E-state index is 0.0925. The van der Waals surface area contributed by atoms with Gasteiger partial charge in [0.1, 0.15) is 0 Å². The van der Waals surface area contributed by atoms with Crippen LogP contribution in [0.25, 0.3) is 0 Å². The van der Waals surface area contributed by atoms with Crippen molar-refractivity contribution >= 4 is 11.8 Å². The van der Waals surface area contributed by atoms with Gasteiger partial charge < -0.3 is 10.2 Å². The normalized spacial score (nSPS) is 18.9. The Bertz CT molecular complexity index is 641. The third kappa shape index (κ3) is 6.33. The molecule has 0 saturated carbocycles. The summed E-state index contributed by atoms with van der Waals surface area (Å²) < 4.78 is 0. The van der Waals surface area contributed by atoms with Gasteiger partial charge in [0.25, 0.3) is 0 Å². The maximum Gasteiger partial charge on any atom is 0.234 e. The van der Waals surface area contributed by atoms with Gasteiger partial charge in [0, 0.05) is 58.8 Å². The monoisotopic (exact) mass is 372 g/mol. The number of carbonyl (C=O) groups excluding carboxylic acids is 2. The number of nitrogens with zero attached hydrogens (tertiary/aromatic N) is 3. The Morgan fingerprint density at radius 2 is 1.89 bits per heavy atom. The van der Waals surface area contributed by atoms with Crippen molar-refractivity contribution in [3.8, 4) is 0 Å².